The van der Waals surface area contributed by atoms with Gasteiger partial charge in [0.15, 0.2) is 5.17 Å². The monoisotopic (exact) mass is 170 g/mol. The number of nitrogens with one attached hydrogen (secondary N) is 1. The molecule has 0 saturated heterocycles. The first-order valence-corrected chi connectivity index (χ1v) is 3.78. The molecule has 0 aliphatic carbocycles. The van der Waals surface area contributed by atoms with E-state index in [2.05, 4.69) is 0 Å². The summed E-state index contributed by atoms with van der Waals surface area (Å²) in [5, 5.41) is 6.80. The van der Waals surface area contributed by atoms with Crippen molar-refractivity contribution in [3.05, 3.63) is 30.1 Å². The van der Waals surface area contributed by atoms with Crippen LogP contribution >= 0.6 is 11.8 Å². The van der Waals surface area contributed by atoms with Crippen LogP contribution < -0.4 is 5.73 Å². The topological polar surface area (TPSA) is 49.9 Å². The Labute approximate surface area is 68.1 Å². The van der Waals surface area contributed by atoms with E-state index >= 15 is 0 Å². The zero-order valence-corrected chi connectivity index (χ0v) is 6.49. The van der Waals surface area contributed by atoms with Crippen LogP contribution in [0.15, 0.2) is 29.2 Å². The molecule has 2 nitrogen and oxygen atoms in total. The third kappa shape index (κ3) is 2.23. The summed E-state index contributed by atoms with van der Waals surface area (Å²) in [6.45, 7) is 0. The number of rotatable bonds is 1. The second-order valence-corrected chi connectivity index (χ2v) is 2.98. The molecule has 3 N–H and O–H groups in total. The van der Waals surface area contributed by atoms with Crippen molar-refractivity contribution in [2.24, 2.45) is 5.73 Å². The van der Waals surface area contributed by atoms with Crippen LogP contribution in [0.2, 0.25) is 0 Å². The maximum atomic E-state index is 12.8. The molecule has 0 saturated carbocycles. The van der Waals surface area contributed by atoms with Gasteiger partial charge in [0.25, 0.3) is 0 Å². The third-order valence-electron chi connectivity index (χ3n) is 1.06. The molecule has 0 heterocycles. The van der Waals surface area contributed by atoms with Crippen LogP contribution in [0.5, 0.6) is 0 Å². The highest BCUT2D eigenvalue weighted by Crippen LogP contribution is 2.19. The Morgan fingerprint density at radius 3 is 2.64 bits per heavy atom. The van der Waals surface area contributed by atoms with Gasteiger partial charge < -0.3 is 5.73 Å². The van der Waals surface area contributed by atoms with E-state index < -0.39 is 0 Å². The van der Waals surface area contributed by atoms with E-state index in [0.29, 0.717) is 4.90 Å². The number of nitrogens with two attached hydrogens (primary N) is 1. The van der Waals surface area contributed by atoms with Crippen LogP contribution in [-0.4, -0.2) is 5.17 Å². The van der Waals surface area contributed by atoms with E-state index in [4.69, 9.17) is 11.1 Å². The minimum Gasteiger partial charge on any atom is -0.378 e. The van der Waals surface area contributed by atoms with Crippen molar-refractivity contribution in [2.75, 3.05) is 0 Å². The predicted octanol–water partition coefficient (Wildman–Crippen LogP) is 1.81. The molecule has 0 amide bonds. The lowest BCUT2D eigenvalue weighted by Gasteiger charge is -1.98. The van der Waals surface area contributed by atoms with Gasteiger partial charge in [-0.15, -0.1) is 0 Å². The molecule has 0 unspecified atom stereocenters. The van der Waals surface area contributed by atoms with Crippen LogP contribution in [0.3, 0.4) is 0 Å². The van der Waals surface area contributed by atoms with Crippen LogP contribution in [0.1, 0.15) is 0 Å². The number of thioether (sulfide) groups is 1. The lowest BCUT2D eigenvalue weighted by molar-refractivity contribution is 0.602. The number of benzene rings is 1. The normalized spacial score (nSPS) is 9.55. The van der Waals surface area contributed by atoms with Crippen molar-refractivity contribution in [3.63, 3.8) is 0 Å². The van der Waals surface area contributed by atoms with Crippen LogP contribution in [0, 0.1) is 11.2 Å². The highest BCUT2D eigenvalue weighted by atomic mass is 32.2. The third-order valence-corrected chi connectivity index (χ3v) is 1.83. The van der Waals surface area contributed by atoms with Crippen LogP contribution in [0.25, 0.3) is 0 Å². The molecule has 0 aliphatic rings. The van der Waals surface area contributed by atoms with E-state index in [1.165, 1.54) is 6.07 Å². The maximum absolute atomic E-state index is 12.8. The summed E-state index contributed by atoms with van der Waals surface area (Å²) in [7, 11) is 0. The molecule has 0 aromatic heterocycles. The summed E-state index contributed by atoms with van der Waals surface area (Å²) >= 11 is 0.911. The molecule has 1 aromatic rings. The second kappa shape index (κ2) is 3.39. The summed E-state index contributed by atoms with van der Waals surface area (Å²) in [6.07, 6.45) is 0. The Bertz CT molecular complexity index is 275. The van der Waals surface area contributed by atoms with Gasteiger partial charge in [-0.1, -0.05) is 12.1 Å². The molecular formula is C7H7FN2S. The fourth-order valence-corrected chi connectivity index (χ4v) is 1.20. The Kier molecular flexibility index (Phi) is 2.48. The van der Waals surface area contributed by atoms with Gasteiger partial charge in [-0.2, -0.15) is 0 Å². The van der Waals surface area contributed by atoms with E-state index in [0.717, 1.165) is 11.8 Å². The molecule has 0 aliphatic heterocycles. The number of hydrogen-bond acceptors (Lipinski definition) is 2. The van der Waals surface area contributed by atoms with Crippen molar-refractivity contribution in [2.45, 2.75) is 4.90 Å². The molecule has 0 atom stereocenters. The number of hydrogen-bond donors (Lipinski definition) is 2. The van der Waals surface area contributed by atoms with E-state index in [1.54, 1.807) is 18.2 Å². The lowest BCUT2D eigenvalue weighted by atomic mass is 10.4. The fourth-order valence-electron chi connectivity index (χ4n) is 0.646. The minimum atomic E-state index is -0.340. The Balaban J connectivity index is 2.86. The fraction of sp³-hybridized carbons (Fsp3) is 0. The van der Waals surface area contributed by atoms with E-state index in [9.17, 15) is 4.39 Å². The zero-order chi connectivity index (χ0) is 8.27. The highest BCUT2D eigenvalue weighted by molar-refractivity contribution is 8.13. The summed E-state index contributed by atoms with van der Waals surface area (Å²) in [5.74, 6) is -0.340. The van der Waals surface area contributed by atoms with Crippen LogP contribution in [-0.2, 0) is 0 Å². The Morgan fingerprint density at radius 2 is 2.09 bits per heavy atom. The Morgan fingerprint density at radius 1 is 1.45 bits per heavy atom. The number of halogens is 1. The smallest absolute Gasteiger partial charge is 0.156 e. The first kappa shape index (κ1) is 8.07. The van der Waals surface area contributed by atoms with Gasteiger partial charge in [0, 0.05) is 0 Å². The largest absolute Gasteiger partial charge is 0.378 e. The maximum Gasteiger partial charge on any atom is 0.156 e. The van der Waals surface area contributed by atoms with E-state index in [-0.39, 0.29) is 11.0 Å². The molecule has 1 aromatic carbocycles. The summed E-state index contributed by atoms with van der Waals surface area (Å²) in [6, 6.07) is 6.22. The van der Waals surface area contributed by atoms with Crippen molar-refractivity contribution in [1.82, 2.24) is 0 Å². The van der Waals surface area contributed by atoms with Crippen LogP contribution in [0.4, 0.5) is 4.39 Å². The molecule has 0 spiro atoms. The predicted molar refractivity (Wildman–Crippen MR) is 44.2 cm³/mol. The summed E-state index contributed by atoms with van der Waals surface area (Å²) in [4.78, 5) is 0.389. The number of amidine groups is 1. The standard InChI is InChI=1S/C7H7FN2S/c8-5-3-1-2-4-6(5)11-7(9)10/h1-4H,(H3,9,10). The van der Waals surface area contributed by atoms with Crippen molar-refractivity contribution < 1.29 is 4.39 Å². The van der Waals surface area contributed by atoms with Gasteiger partial charge in [0.2, 0.25) is 0 Å². The van der Waals surface area contributed by atoms with Gasteiger partial charge in [0.05, 0.1) is 4.90 Å². The minimum absolute atomic E-state index is 0.102. The Hall–Kier alpha value is -1.03. The van der Waals surface area contributed by atoms with Gasteiger partial charge in [-0.25, -0.2) is 4.39 Å². The molecular weight excluding hydrogens is 163 g/mol. The molecule has 0 fully saturated rings. The average molecular weight is 170 g/mol. The van der Waals surface area contributed by atoms with Gasteiger partial charge in [-0.05, 0) is 23.9 Å². The van der Waals surface area contributed by atoms with Crippen molar-refractivity contribution in [1.29, 1.82) is 5.41 Å². The highest BCUT2D eigenvalue weighted by Gasteiger charge is 2.01. The molecule has 0 radical (unpaired) electrons. The summed E-state index contributed by atoms with van der Waals surface area (Å²) < 4.78 is 12.8. The molecule has 0 bridgehead atoms. The molecule has 58 valence electrons. The molecule has 1 rings (SSSR count). The van der Waals surface area contributed by atoms with Gasteiger partial charge >= 0.3 is 0 Å². The molecule has 11 heavy (non-hydrogen) atoms. The second-order valence-electron chi connectivity index (χ2n) is 1.90. The molecule has 4 heteroatoms. The average Bonchev–Trinajstić information content (AvgIpc) is 1.93. The lowest BCUT2D eigenvalue weighted by Crippen LogP contribution is -2.03. The SMILES string of the molecule is N=C(N)Sc1ccccc1F. The van der Waals surface area contributed by atoms with E-state index in [1.807, 2.05) is 0 Å². The van der Waals surface area contributed by atoms with Crippen molar-refractivity contribution >= 4 is 16.9 Å². The van der Waals surface area contributed by atoms with Crippen molar-refractivity contribution in [3.8, 4) is 0 Å². The quantitative estimate of drug-likeness (QED) is 0.383. The first-order valence-electron chi connectivity index (χ1n) is 2.96. The zero-order valence-electron chi connectivity index (χ0n) is 5.67. The summed E-state index contributed by atoms with van der Waals surface area (Å²) in [5.41, 5.74) is 5.07. The van der Waals surface area contributed by atoms with Gasteiger partial charge in [0.1, 0.15) is 5.82 Å². The first-order chi connectivity index (χ1) is 5.20. The van der Waals surface area contributed by atoms with Gasteiger partial charge in [-0.3, -0.25) is 5.41 Å².